The highest BCUT2D eigenvalue weighted by molar-refractivity contribution is 5.84. The standard InChI is InChI=1S/C11H20N2/c1-8(2)10(4)13-11-5-6-12-7-9(11)3/h8,12H,5-7H2,1-4H3/b13-10+. The van der Waals surface area contributed by atoms with Crippen LogP contribution in [0.2, 0.25) is 0 Å². The summed E-state index contributed by atoms with van der Waals surface area (Å²) in [5.74, 6) is 0.565. The van der Waals surface area contributed by atoms with Crippen LogP contribution >= 0.6 is 0 Å². The predicted molar refractivity (Wildman–Crippen MR) is 58.1 cm³/mol. The molecule has 1 aliphatic rings. The summed E-state index contributed by atoms with van der Waals surface area (Å²) in [5, 5.41) is 3.34. The molecule has 0 aromatic carbocycles. The summed E-state index contributed by atoms with van der Waals surface area (Å²) in [5.41, 5.74) is 3.94. The van der Waals surface area contributed by atoms with Crippen molar-refractivity contribution in [2.45, 2.75) is 34.1 Å². The van der Waals surface area contributed by atoms with Crippen molar-refractivity contribution < 1.29 is 0 Å². The van der Waals surface area contributed by atoms with Crippen molar-refractivity contribution in [2.75, 3.05) is 13.1 Å². The topological polar surface area (TPSA) is 24.4 Å². The van der Waals surface area contributed by atoms with E-state index in [1.54, 1.807) is 0 Å². The van der Waals surface area contributed by atoms with Crippen molar-refractivity contribution in [3.05, 3.63) is 11.3 Å². The molecule has 0 amide bonds. The van der Waals surface area contributed by atoms with Gasteiger partial charge < -0.3 is 5.32 Å². The Kier molecular flexibility index (Phi) is 3.67. The maximum atomic E-state index is 4.67. The highest BCUT2D eigenvalue weighted by atomic mass is 14.9. The van der Waals surface area contributed by atoms with Crippen molar-refractivity contribution in [1.82, 2.24) is 5.32 Å². The Morgan fingerprint density at radius 2 is 2.15 bits per heavy atom. The number of hydrogen-bond donors (Lipinski definition) is 1. The zero-order chi connectivity index (χ0) is 9.84. The molecule has 1 N–H and O–H groups in total. The number of nitrogens with zero attached hydrogens (tertiary/aromatic N) is 1. The Morgan fingerprint density at radius 3 is 2.69 bits per heavy atom. The first kappa shape index (κ1) is 10.5. The Morgan fingerprint density at radius 1 is 1.46 bits per heavy atom. The predicted octanol–water partition coefficient (Wildman–Crippen LogP) is 2.37. The fourth-order valence-corrected chi connectivity index (χ4v) is 1.29. The van der Waals surface area contributed by atoms with Crippen molar-refractivity contribution in [1.29, 1.82) is 0 Å². The third-order valence-electron chi connectivity index (χ3n) is 2.57. The Hall–Kier alpha value is -0.630. The Labute approximate surface area is 81.1 Å². The SMILES string of the molecule is CC1=C(/N=C(\C)C(C)C)CCNC1. The highest BCUT2D eigenvalue weighted by Crippen LogP contribution is 2.14. The third kappa shape index (κ3) is 2.96. The van der Waals surface area contributed by atoms with Gasteiger partial charge in [-0.25, -0.2) is 0 Å². The molecule has 0 atom stereocenters. The van der Waals surface area contributed by atoms with Gasteiger partial charge in [0.15, 0.2) is 0 Å². The summed E-state index contributed by atoms with van der Waals surface area (Å²) in [7, 11) is 0. The minimum atomic E-state index is 0.565. The number of nitrogens with one attached hydrogen (secondary N) is 1. The van der Waals surface area contributed by atoms with Crippen LogP contribution in [-0.2, 0) is 0 Å². The third-order valence-corrected chi connectivity index (χ3v) is 2.57. The monoisotopic (exact) mass is 180 g/mol. The van der Waals surface area contributed by atoms with Gasteiger partial charge in [-0.15, -0.1) is 0 Å². The van der Waals surface area contributed by atoms with Crippen LogP contribution in [0.3, 0.4) is 0 Å². The number of rotatable bonds is 2. The molecule has 1 aliphatic heterocycles. The second-order valence-corrected chi connectivity index (χ2v) is 4.06. The molecule has 0 aromatic heterocycles. The lowest BCUT2D eigenvalue weighted by Gasteiger charge is -2.16. The van der Waals surface area contributed by atoms with Crippen LogP contribution in [0.1, 0.15) is 34.1 Å². The molecule has 0 aromatic rings. The van der Waals surface area contributed by atoms with Gasteiger partial charge in [-0.1, -0.05) is 13.8 Å². The molecule has 0 unspecified atom stereocenters. The molecule has 0 saturated carbocycles. The van der Waals surface area contributed by atoms with E-state index in [1.165, 1.54) is 17.0 Å². The van der Waals surface area contributed by atoms with Gasteiger partial charge in [0.1, 0.15) is 0 Å². The number of aliphatic imine (C=N–C) groups is 1. The van der Waals surface area contributed by atoms with Gasteiger partial charge in [-0.05, 0) is 25.3 Å². The van der Waals surface area contributed by atoms with Crippen LogP contribution in [0.15, 0.2) is 16.3 Å². The first-order valence-electron chi connectivity index (χ1n) is 5.05. The van der Waals surface area contributed by atoms with Crippen LogP contribution in [0.25, 0.3) is 0 Å². The fourth-order valence-electron chi connectivity index (χ4n) is 1.29. The average Bonchev–Trinajstić information content (AvgIpc) is 2.08. The molecule has 0 saturated heterocycles. The molecule has 2 nitrogen and oxygen atoms in total. The van der Waals surface area contributed by atoms with E-state index in [2.05, 4.69) is 38.0 Å². The van der Waals surface area contributed by atoms with E-state index < -0.39 is 0 Å². The van der Waals surface area contributed by atoms with Gasteiger partial charge in [0.2, 0.25) is 0 Å². The lowest BCUT2D eigenvalue weighted by atomic mass is 10.1. The van der Waals surface area contributed by atoms with Crippen LogP contribution in [0.4, 0.5) is 0 Å². The minimum Gasteiger partial charge on any atom is -0.313 e. The second-order valence-electron chi connectivity index (χ2n) is 4.06. The van der Waals surface area contributed by atoms with Gasteiger partial charge in [0.05, 0.1) is 0 Å². The summed E-state index contributed by atoms with van der Waals surface area (Å²) < 4.78 is 0. The Bertz CT molecular complexity index is 236. The first-order valence-corrected chi connectivity index (χ1v) is 5.05. The van der Waals surface area contributed by atoms with Crippen LogP contribution in [0, 0.1) is 5.92 Å². The highest BCUT2D eigenvalue weighted by Gasteiger charge is 2.08. The van der Waals surface area contributed by atoms with Gasteiger partial charge in [-0.2, -0.15) is 0 Å². The van der Waals surface area contributed by atoms with E-state index in [0.717, 1.165) is 19.5 Å². The summed E-state index contributed by atoms with van der Waals surface area (Å²) in [6.45, 7) is 10.7. The van der Waals surface area contributed by atoms with E-state index >= 15 is 0 Å². The largest absolute Gasteiger partial charge is 0.313 e. The normalized spacial score (nSPS) is 19.9. The van der Waals surface area contributed by atoms with E-state index in [4.69, 9.17) is 0 Å². The van der Waals surface area contributed by atoms with Crippen LogP contribution in [0.5, 0.6) is 0 Å². The van der Waals surface area contributed by atoms with Gasteiger partial charge >= 0.3 is 0 Å². The zero-order valence-corrected chi connectivity index (χ0v) is 9.15. The number of hydrogen-bond acceptors (Lipinski definition) is 2. The first-order chi connectivity index (χ1) is 6.11. The van der Waals surface area contributed by atoms with E-state index in [1.807, 2.05) is 0 Å². The molecule has 2 heteroatoms. The molecule has 13 heavy (non-hydrogen) atoms. The molecule has 0 aliphatic carbocycles. The molecule has 74 valence electrons. The molecule has 0 fully saturated rings. The van der Waals surface area contributed by atoms with Crippen molar-refractivity contribution in [3.63, 3.8) is 0 Å². The van der Waals surface area contributed by atoms with E-state index in [-0.39, 0.29) is 0 Å². The van der Waals surface area contributed by atoms with E-state index in [0.29, 0.717) is 5.92 Å². The molecule has 0 bridgehead atoms. The summed E-state index contributed by atoms with van der Waals surface area (Å²) in [4.78, 5) is 4.67. The molecule has 0 spiro atoms. The van der Waals surface area contributed by atoms with Crippen LogP contribution < -0.4 is 5.32 Å². The van der Waals surface area contributed by atoms with Crippen molar-refractivity contribution in [2.24, 2.45) is 10.9 Å². The minimum absolute atomic E-state index is 0.565. The molecular weight excluding hydrogens is 160 g/mol. The van der Waals surface area contributed by atoms with E-state index in [9.17, 15) is 0 Å². The maximum absolute atomic E-state index is 4.67. The van der Waals surface area contributed by atoms with Crippen LogP contribution in [-0.4, -0.2) is 18.8 Å². The Balaban J connectivity index is 2.76. The lowest BCUT2D eigenvalue weighted by molar-refractivity contribution is 0.670. The summed E-state index contributed by atoms with van der Waals surface area (Å²) in [6, 6.07) is 0. The quantitative estimate of drug-likeness (QED) is 0.648. The lowest BCUT2D eigenvalue weighted by Crippen LogP contribution is -2.24. The zero-order valence-electron chi connectivity index (χ0n) is 9.15. The van der Waals surface area contributed by atoms with Crippen molar-refractivity contribution >= 4 is 5.71 Å². The van der Waals surface area contributed by atoms with Crippen molar-refractivity contribution in [3.8, 4) is 0 Å². The van der Waals surface area contributed by atoms with Gasteiger partial charge in [-0.3, -0.25) is 4.99 Å². The summed E-state index contributed by atoms with van der Waals surface area (Å²) in [6.07, 6.45) is 1.08. The maximum Gasteiger partial charge on any atom is 0.0417 e. The second kappa shape index (κ2) is 4.56. The van der Waals surface area contributed by atoms with Gasteiger partial charge in [0.25, 0.3) is 0 Å². The molecule has 0 radical (unpaired) electrons. The summed E-state index contributed by atoms with van der Waals surface area (Å²) >= 11 is 0. The molecule has 1 rings (SSSR count). The van der Waals surface area contributed by atoms with Gasteiger partial charge in [0, 0.05) is 30.9 Å². The molecular formula is C11H20N2. The average molecular weight is 180 g/mol. The fraction of sp³-hybridized carbons (Fsp3) is 0.727. The molecule has 1 heterocycles. The smallest absolute Gasteiger partial charge is 0.0417 e.